The van der Waals surface area contributed by atoms with Crippen LogP contribution in [0.2, 0.25) is 0 Å². The number of benzene rings is 1. The summed E-state index contributed by atoms with van der Waals surface area (Å²) in [7, 11) is 0. The second kappa shape index (κ2) is 12.0. The van der Waals surface area contributed by atoms with Crippen molar-refractivity contribution in [1.82, 2.24) is 15.6 Å². The van der Waals surface area contributed by atoms with Crippen LogP contribution < -0.4 is 10.6 Å². The van der Waals surface area contributed by atoms with Crippen LogP contribution in [0.5, 0.6) is 0 Å². The molecule has 0 aliphatic carbocycles. The molecule has 0 unspecified atom stereocenters. The number of aromatic nitrogens is 1. The summed E-state index contributed by atoms with van der Waals surface area (Å²) in [6.07, 6.45) is 7.29. The third kappa shape index (κ3) is 6.73. The Hall–Kier alpha value is -1.68. The number of aromatic amines is 1. The van der Waals surface area contributed by atoms with E-state index in [4.69, 9.17) is 4.42 Å². The molecule has 28 heavy (non-hydrogen) atoms. The third-order valence-electron chi connectivity index (χ3n) is 4.23. The van der Waals surface area contributed by atoms with Gasteiger partial charge in [-0.3, -0.25) is 4.99 Å². The predicted octanol–water partition coefficient (Wildman–Crippen LogP) is 4.20. The number of aliphatic imine (C=N–C) groups is 1. The van der Waals surface area contributed by atoms with Gasteiger partial charge in [0, 0.05) is 42.4 Å². The Morgan fingerprint density at radius 1 is 1.21 bits per heavy atom. The van der Waals surface area contributed by atoms with Gasteiger partial charge in [0.1, 0.15) is 11.6 Å². The molecular formula is C20H26FIN4OS. The maximum absolute atomic E-state index is 13.5. The van der Waals surface area contributed by atoms with E-state index in [1.807, 2.05) is 18.3 Å². The zero-order chi connectivity index (χ0) is 18.9. The third-order valence-corrected chi connectivity index (χ3v) is 4.82. The van der Waals surface area contributed by atoms with E-state index in [-0.39, 0.29) is 29.8 Å². The number of halogens is 2. The molecule has 2 aromatic heterocycles. The van der Waals surface area contributed by atoms with Crippen molar-refractivity contribution in [1.29, 1.82) is 0 Å². The lowest BCUT2D eigenvalue weighted by molar-refractivity contribution is 0.507. The Balaban J connectivity index is 0.00000280. The van der Waals surface area contributed by atoms with Gasteiger partial charge in [-0.05, 0) is 48.6 Å². The first-order valence-electron chi connectivity index (χ1n) is 9.05. The Kier molecular flexibility index (Phi) is 9.69. The maximum Gasteiger partial charge on any atom is 0.191 e. The van der Waals surface area contributed by atoms with E-state index < -0.39 is 0 Å². The summed E-state index contributed by atoms with van der Waals surface area (Å²) >= 11 is 1.77. The highest BCUT2D eigenvalue weighted by atomic mass is 127. The molecule has 0 fully saturated rings. The minimum Gasteiger partial charge on any atom is -0.469 e. The summed E-state index contributed by atoms with van der Waals surface area (Å²) < 4.78 is 18.9. The average Bonchev–Trinajstić information content (AvgIpc) is 3.31. The molecule has 0 aliphatic heterocycles. The molecule has 0 amide bonds. The van der Waals surface area contributed by atoms with Crippen LogP contribution in [0.1, 0.15) is 11.3 Å². The van der Waals surface area contributed by atoms with Crippen molar-refractivity contribution < 1.29 is 8.81 Å². The first kappa shape index (κ1) is 22.6. The molecule has 152 valence electrons. The number of guanidine groups is 1. The summed E-state index contributed by atoms with van der Waals surface area (Å²) in [6, 6.07) is 8.69. The van der Waals surface area contributed by atoms with Crippen LogP contribution in [-0.2, 0) is 12.8 Å². The fraction of sp³-hybridized carbons (Fsp3) is 0.350. The first-order valence-corrected chi connectivity index (χ1v) is 10.4. The van der Waals surface area contributed by atoms with E-state index in [1.165, 1.54) is 6.07 Å². The van der Waals surface area contributed by atoms with Gasteiger partial charge >= 0.3 is 0 Å². The SMILES string of the molecule is CSCCN=C(NCCc1ccco1)NCCc1c[nH]c2ccc(F)cc12.I. The van der Waals surface area contributed by atoms with E-state index in [2.05, 4.69) is 26.9 Å². The lowest BCUT2D eigenvalue weighted by Crippen LogP contribution is -2.39. The summed E-state index contributed by atoms with van der Waals surface area (Å²) in [5.74, 6) is 2.51. The second-order valence-electron chi connectivity index (χ2n) is 6.16. The Morgan fingerprint density at radius 2 is 2.04 bits per heavy atom. The fourth-order valence-corrected chi connectivity index (χ4v) is 3.13. The standard InChI is InChI=1S/C20H25FN4OS.HI/c1-27-12-10-24-20(23-9-7-17-3-2-11-26-17)22-8-6-15-14-25-19-5-4-16(21)13-18(15)19;/h2-5,11,13-14,25H,6-10,12H2,1H3,(H2,22,23,24);1H. The molecule has 0 bridgehead atoms. The summed E-state index contributed by atoms with van der Waals surface area (Å²) in [4.78, 5) is 7.79. The van der Waals surface area contributed by atoms with E-state index in [0.717, 1.165) is 66.4 Å². The molecule has 0 aliphatic rings. The number of hydrogen-bond donors (Lipinski definition) is 3. The van der Waals surface area contributed by atoms with Crippen LogP contribution in [0.3, 0.4) is 0 Å². The molecular weight excluding hydrogens is 490 g/mol. The van der Waals surface area contributed by atoms with Crippen LogP contribution in [0.15, 0.2) is 52.2 Å². The predicted molar refractivity (Wildman–Crippen MR) is 126 cm³/mol. The molecule has 0 spiro atoms. The number of hydrogen-bond acceptors (Lipinski definition) is 3. The quantitative estimate of drug-likeness (QED) is 0.173. The molecule has 8 heteroatoms. The molecule has 0 radical (unpaired) electrons. The van der Waals surface area contributed by atoms with Crippen LogP contribution in [-0.4, -0.2) is 42.6 Å². The molecule has 3 rings (SSSR count). The second-order valence-corrected chi connectivity index (χ2v) is 7.15. The summed E-state index contributed by atoms with van der Waals surface area (Å²) in [5, 5.41) is 7.65. The molecule has 0 saturated carbocycles. The van der Waals surface area contributed by atoms with Gasteiger partial charge < -0.3 is 20.0 Å². The highest BCUT2D eigenvalue weighted by Gasteiger charge is 2.06. The summed E-state index contributed by atoms with van der Waals surface area (Å²) in [6.45, 7) is 2.22. The fourth-order valence-electron chi connectivity index (χ4n) is 2.86. The minimum absolute atomic E-state index is 0. The van der Waals surface area contributed by atoms with E-state index in [1.54, 1.807) is 30.2 Å². The van der Waals surface area contributed by atoms with E-state index in [9.17, 15) is 4.39 Å². The molecule has 1 aromatic carbocycles. The van der Waals surface area contributed by atoms with Gasteiger partial charge in [-0.2, -0.15) is 11.8 Å². The van der Waals surface area contributed by atoms with Crippen molar-refractivity contribution in [2.75, 3.05) is 31.6 Å². The molecule has 0 atom stereocenters. The molecule has 0 saturated heterocycles. The van der Waals surface area contributed by atoms with Crippen molar-refractivity contribution >= 4 is 52.6 Å². The van der Waals surface area contributed by atoms with Gasteiger partial charge in [0.25, 0.3) is 0 Å². The van der Waals surface area contributed by atoms with Crippen LogP contribution in [0, 0.1) is 5.82 Å². The minimum atomic E-state index is -0.213. The van der Waals surface area contributed by atoms with E-state index in [0.29, 0.717) is 0 Å². The smallest absolute Gasteiger partial charge is 0.191 e. The van der Waals surface area contributed by atoms with Crippen LogP contribution >= 0.6 is 35.7 Å². The molecule has 5 nitrogen and oxygen atoms in total. The number of furan rings is 1. The Labute approximate surface area is 186 Å². The van der Waals surface area contributed by atoms with Crippen molar-refractivity contribution in [3.05, 3.63) is 59.9 Å². The maximum atomic E-state index is 13.5. The zero-order valence-corrected chi connectivity index (χ0v) is 19.0. The highest BCUT2D eigenvalue weighted by molar-refractivity contribution is 14.0. The lowest BCUT2D eigenvalue weighted by Gasteiger charge is -2.12. The Bertz CT molecular complexity index is 866. The number of fused-ring (bicyclic) bond motifs is 1. The Morgan fingerprint density at radius 3 is 2.79 bits per heavy atom. The molecule has 2 heterocycles. The first-order chi connectivity index (χ1) is 13.3. The van der Waals surface area contributed by atoms with Gasteiger partial charge in [0.2, 0.25) is 0 Å². The van der Waals surface area contributed by atoms with E-state index >= 15 is 0 Å². The van der Waals surface area contributed by atoms with Crippen molar-refractivity contribution in [2.24, 2.45) is 4.99 Å². The van der Waals surface area contributed by atoms with Crippen LogP contribution in [0.4, 0.5) is 4.39 Å². The van der Waals surface area contributed by atoms with Gasteiger partial charge in [0.05, 0.1) is 12.8 Å². The number of H-pyrrole nitrogens is 1. The monoisotopic (exact) mass is 516 g/mol. The van der Waals surface area contributed by atoms with Gasteiger partial charge in [-0.25, -0.2) is 4.39 Å². The number of thioether (sulfide) groups is 1. The average molecular weight is 516 g/mol. The number of rotatable bonds is 9. The lowest BCUT2D eigenvalue weighted by atomic mass is 10.1. The van der Waals surface area contributed by atoms with Gasteiger partial charge in [0.15, 0.2) is 5.96 Å². The number of nitrogens with zero attached hydrogens (tertiary/aromatic N) is 1. The normalized spacial score (nSPS) is 11.4. The van der Waals surface area contributed by atoms with Gasteiger partial charge in [-0.1, -0.05) is 0 Å². The van der Waals surface area contributed by atoms with Crippen molar-refractivity contribution in [2.45, 2.75) is 12.8 Å². The molecule has 3 aromatic rings. The van der Waals surface area contributed by atoms with Crippen molar-refractivity contribution in [3.63, 3.8) is 0 Å². The zero-order valence-electron chi connectivity index (χ0n) is 15.8. The highest BCUT2D eigenvalue weighted by Crippen LogP contribution is 2.19. The summed E-state index contributed by atoms with van der Waals surface area (Å²) in [5.41, 5.74) is 2.05. The number of nitrogens with one attached hydrogen (secondary N) is 3. The van der Waals surface area contributed by atoms with Gasteiger partial charge in [-0.15, -0.1) is 24.0 Å². The molecule has 3 N–H and O–H groups in total. The van der Waals surface area contributed by atoms with Crippen LogP contribution in [0.25, 0.3) is 10.9 Å². The largest absolute Gasteiger partial charge is 0.469 e. The topological polar surface area (TPSA) is 65.3 Å². The van der Waals surface area contributed by atoms with Crippen molar-refractivity contribution in [3.8, 4) is 0 Å².